The topological polar surface area (TPSA) is 77.1 Å². The Bertz CT molecular complexity index is 1070. The van der Waals surface area contributed by atoms with Crippen molar-refractivity contribution in [2.45, 2.75) is 19.8 Å². The number of nitrogens with zero attached hydrogens (tertiary/aromatic N) is 1. The molecule has 0 unspecified atom stereocenters. The lowest BCUT2D eigenvalue weighted by Crippen LogP contribution is -2.29. The molecule has 2 amide bonds. The van der Waals surface area contributed by atoms with E-state index in [0.29, 0.717) is 46.0 Å². The number of thiocarbonyl (C=S) groups is 1. The summed E-state index contributed by atoms with van der Waals surface area (Å²) in [6.45, 7) is 3.10. The van der Waals surface area contributed by atoms with Crippen LogP contribution in [0, 0.1) is 0 Å². The van der Waals surface area contributed by atoms with Gasteiger partial charge in [0.1, 0.15) is 10.1 Å². The third-order valence-corrected chi connectivity index (χ3v) is 6.18. The minimum Gasteiger partial charge on any atom is -0.494 e. The van der Waals surface area contributed by atoms with E-state index in [0.717, 1.165) is 11.3 Å². The maximum atomic E-state index is 12.8. The zero-order chi connectivity index (χ0) is 22.5. The Balaban J connectivity index is 1.28. The van der Waals surface area contributed by atoms with Gasteiger partial charge in [0.2, 0.25) is 12.7 Å². The lowest BCUT2D eigenvalue weighted by molar-refractivity contribution is -0.122. The van der Waals surface area contributed by atoms with Gasteiger partial charge >= 0.3 is 0 Å². The number of anilines is 1. The molecular formula is C23H22N2O5S2. The third kappa shape index (κ3) is 5.23. The molecule has 1 fully saturated rings. The molecule has 32 heavy (non-hydrogen) atoms. The highest BCUT2D eigenvalue weighted by Crippen LogP contribution is 2.36. The molecule has 0 radical (unpaired) electrons. The number of carbonyl (C=O) groups excluding carboxylic acids is 2. The third-order valence-electron chi connectivity index (χ3n) is 4.80. The number of fused-ring (bicyclic) bond motifs is 1. The number of carbonyl (C=O) groups is 2. The maximum Gasteiger partial charge on any atom is 0.266 e. The summed E-state index contributed by atoms with van der Waals surface area (Å²) in [5.41, 5.74) is 1.54. The first-order valence-electron chi connectivity index (χ1n) is 10.2. The van der Waals surface area contributed by atoms with Crippen LogP contribution in [0.4, 0.5) is 5.69 Å². The minimum absolute atomic E-state index is 0.115. The van der Waals surface area contributed by atoms with Crippen LogP contribution in [-0.2, 0) is 9.59 Å². The van der Waals surface area contributed by atoms with E-state index in [1.165, 1.54) is 11.8 Å². The zero-order valence-electron chi connectivity index (χ0n) is 17.5. The van der Waals surface area contributed by atoms with Gasteiger partial charge in [0.15, 0.2) is 11.5 Å². The van der Waals surface area contributed by atoms with Crippen LogP contribution in [0.25, 0.3) is 6.08 Å². The van der Waals surface area contributed by atoms with Gasteiger partial charge in [-0.05, 0) is 61.4 Å². The number of amides is 2. The summed E-state index contributed by atoms with van der Waals surface area (Å²) >= 11 is 6.64. The summed E-state index contributed by atoms with van der Waals surface area (Å²) in [5.74, 6) is 1.85. The lowest BCUT2D eigenvalue weighted by Gasteiger charge is -2.14. The van der Waals surface area contributed by atoms with Crippen molar-refractivity contribution >= 4 is 51.9 Å². The monoisotopic (exact) mass is 470 g/mol. The number of ether oxygens (including phenoxy) is 3. The minimum atomic E-state index is -0.149. The Kier molecular flexibility index (Phi) is 6.96. The van der Waals surface area contributed by atoms with Crippen LogP contribution in [0.2, 0.25) is 0 Å². The molecule has 0 bridgehead atoms. The summed E-state index contributed by atoms with van der Waals surface area (Å²) < 4.78 is 16.6. The zero-order valence-corrected chi connectivity index (χ0v) is 19.1. The molecule has 2 aliphatic heterocycles. The summed E-state index contributed by atoms with van der Waals surface area (Å²) in [7, 11) is 0. The van der Waals surface area contributed by atoms with Crippen LogP contribution in [0.3, 0.4) is 0 Å². The van der Waals surface area contributed by atoms with Crippen LogP contribution < -0.4 is 19.5 Å². The fourth-order valence-electron chi connectivity index (χ4n) is 3.27. The standard InChI is InChI=1S/C23H22N2O5S2/c1-2-28-17-8-6-16(7-9-17)24-21(26)4-3-11-25-22(27)20(32-23(25)31)13-15-5-10-18-19(12-15)30-14-29-18/h5-10,12-13H,2-4,11,14H2,1H3,(H,24,26)/b20-13-. The molecule has 4 rings (SSSR count). The molecule has 166 valence electrons. The van der Waals surface area contributed by atoms with Crippen molar-refractivity contribution in [2.75, 3.05) is 25.3 Å². The molecule has 1 saturated heterocycles. The maximum absolute atomic E-state index is 12.8. The van der Waals surface area contributed by atoms with Gasteiger partial charge in [0.05, 0.1) is 11.5 Å². The number of hydrogen-bond acceptors (Lipinski definition) is 7. The van der Waals surface area contributed by atoms with E-state index in [9.17, 15) is 9.59 Å². The first kappa shape index (κ1) is 22.2. The Morgan fingerprint density at radius 3 is 2.78 bits per heavy atom. The van der Waals surface area contributed by atoms with Crippen molar-refractivity contribution in [3.8, 4) is 17.2 Å². The first-order chi connectivity index (χ1) is 15.5. The number of nitrogens with one attached hydrogen (secondary N) is 1. The highest BCUT2D eigenvalue weighted by Gasteiger charge is 2.31. The van der Waals surface area contributed by atoms with Crippen LogP contribution in [0.5, 0.6) is 17.2 Å². The van der Waals surface area contributed by atoms with Gasteiger partial charge in [-0.2, -0.15) is 0 Å². The summed E-state index contributed by atoms with van der Waals surface area (Å²) in [5, 5.41) is 2.85. The average Bonchev–Trinajstić information content (AvgIpc) is 3.34. The lowest BCUT2D eigenvalue weighted by atomic mass is 10.2. The molecule has 0 saturated carbocycles. The SMILES string of the molecule is CCOc1ccc(NC(=O)CCCN2C(=O)/C(=C/c3ccc4c(c3)OCO4)SC2=S)cc1. The van der Waals surface area contributed by atoms with Crippen molar-refractivity contribution in [1.82, 2.24) is 4.90 Å². The molecule has 1 N–H and O–H groups in total. The van der Waals surface area contributed by atoms with Crippen LogP contribution >= 0.6 is 24.0 Å². The van der Waals surface area contributed by atoms with Crippen molar-refractivity contribution in [3.05, 3.63) is 52.9 Å². The molecule has 0 aliphatic carbocycles. The van der Waals surface area contributed by atoms with E-state index in [1.807, 2.05) is 37.3 Å². The van der Waals surface area contributed by atoms with Crippen molar-refractivity contribution in [2.24, 2.45) is 0 Å². The Labute approximate surface area is 195 Å². The second kappa shape index (κ2) is 10.1. The van der Waals surface area contributed by atoms with Gasteiger partial charge in [0.25, 0.3) is 5.91 Å². The van der Waals surface area contributed by atoms with E-state index >= 15 is 0 Å². The van der Waals surface area contributed by atoms with Crippen molar-refractivity contribution in [1.29, 1.82) is 0 Å². The molecule has 2 aromatic carbocycles. The van der Waals surface area contributed by atoms with E-state index in [-0.39, 0.29) is 25.0 Å². The fraction of sp³-hybridized carbons (Fsp3) is 0.261. The van der Waals surface area contributed by atoms with Crippen LogP contribution in [0.15, 0.2) is 47.4 Å². The van der Waals surface area contributed by atoms with Crippen molar-refractivity contribution < 1.29 is 23.8 Å². The highest BCUT2D eigenvalue weighted by atomic mass is 32.2. The van der Waals surface area contributed by atoms with E-state index in [4.69, 9.17) is 26.4 Å². The van der Waals surface area contributed by atoms with Gasteiger partial charge in [-0.25, -0.2) is 0 Å². The van der Waals surface area contributed by atoms with Gasteiger partial charge < -0.3 is 19.5 Å². The Hall–Kier alpha value is -3.04. The molecule has 0 spiro atoms. The van der Waals surface area contributed by atoms with E-state index in [1.54, 1.807) is 23.1 Å². The van der Waals surface area contributed by atoms with Gasteiger partial charge in [0, 0.05) is 18.7 Å². The highest BCUT2D eigenvalue weighted by molar-refractivity contribution is 8.26. The van der Waals surface area contributed by atoms with Gasteiger partial charge in [-0.3, -0.25) is 14.5 Å². The molecule has 9 heteroatoms. The predicted molar refractivity (Wildman–Crippen MR) is 128 cm³/mol. The normalized spacial score (nSPS) is 16.0. The molecule has 0 aromatic heterocycles. The van der Waals surface area contributed by atoms with Gasteiger partial charge in [-0.15, -0.1) is 0 Å². The number of thioether (sulfide) groups is 1. The smallest absolute Gasteiger partial charge is 0.266 e. The second-order valence-electron chi connectivity index (χ2n) is 7.06. The Morgan fingerprint density at radius 2 is 2.00 bits per heavy atom. The molecule has 0 atom stereocenters. The van der Waals surface area contributed by atoms with E-state index in [2.05, 4.69) is 5.32 Å². The van der Waals surface area contributed by atoms with E-state index < -0.39 is 0 Å². The molecule has 2 aliphatic rings. The second-order valence-corrected chi connectivity index (χ2v) is 8.73. The molecular weight excluding hydrogens is 448 g/mol. The molecule has 2 heterocycles. The van der Waals surface area contributed by atoms with Crippen molar-refractivity contribution in [3.63, 3.8) is 0 Å². The predicted octanol–water partition coefficient (Wildman–Crippen LogP) is 4.43. The number of hydrogen-bond donors (Lipinski definition) is 1. The first-order valence-corrected chi connectivity index (χ1v) is 11.4. The summed E-state index contributed by atoms with van der Waals surface area (Å²) in [6.07, 6.45) is 2.58. The van der Waals surface area contributed by atoms with Crippen LogP contribution in [0.1, 0.15) is 25.3 Å². The average molecular weight is 471 g/mol. The quantitative estimate of drug-likeness (QED) is 0.452. The Morgan fingerprint density at radius 1 is 1.22 bits per heavy atom. The summed E-state index contributed by atoms with van der Waals surface area (Å²) in [4.78, 5) is 27.1. The molecule has 2 aromatic rings. The molecule has 7 nitrogen and oxygen atoms in total. The van der Waals surface area contributed by atoms with Gasteiger partial charge in [-0.1, -0.05) is 30.0 Å². The fourth-order valence-corrected chi connectivity index (χ4v) is 4.58. The number of rotatable bonds is 8. The summed E-state index contributed by atoms with van der Waals surface area (Å²) in [6, 6.07) is 12.7. The number of benzene rings is 2. The van der Waals surface area contributed by atoms with Crippen LogP contribution in [-0.4, -0.2) is 41.0 Å². The largest absolute Gasteiger partial charge is 0.494 e.